The quantitative estimate of drug-likeness (QED) is 0.862. The van der Waals surface area contributed by atoms with Gasteiger partial charge in [-0.25, -0.2) is 4.39 Å². The first-order chi connectivity index (χ1) is 9.13. The van der Waals surface area contributed by atoms with E-state index in [0.29, 0.717) is 6.04 Å². The number of aryl methyl sites for hydroxylation is 1. The van der Waals surface area contributed by atoms with Gasteiger partial charge in [0.05, 0.1) is 0 Å². The molecule has 2 heteroatoms. The summed E-state index contributed by atoms with van der Waals surface area (Å²) in [5.41, 5.74) is 2.27. The Bertz CT molecular complexity index is 457. The first-order valence-electron chi connectivity index (χ1n) is 7.62. The first kappa shape index (κ1) is 13.1. The lowest BCUT2D eigenvalue weighted by molar-refractivity contribution is 0.259. The summed E-state index contributed by atoms with van der Waals surface area (Å²) in [6.07, 6.45) is 5.79. The molecule has 0 aliphatic heterocycles. The number of hydrogen-bond donors (Lipinski definition) is 1. The van der Waals surface area contributed by atoms with Crippen LogP contribution in [0.15, 0.2) is 18.2 Å². The maximum atomic E-state index is 13.1. The van der Waals surface area contributed by atoms with Crippen molar-refractivity contribution in [1.29, 1.82) is 0 Å². The zero-order chi connectivity index (χ0) is 13.4. The maximum Gasteiger partial charge on any atom is 0.123 e. The first-order valence-corrected chi connectivity index (χ1v) is 7.62. The fraction of sp³-hybridized carbons (Fsp3) is 0.647. The van der Waals surface area contributed by atoms with Gasteiger partial charge in [-0.2, -0.15) is 0 Å². The molecule has 2 bridgehead atoms. The van der Waals surface area contributed by atoms with Gasteiger partial charge < -0.3 is 5.32 Å². The van der Waals surface area contributed by atoms with E-state index in [1.54, 1.807) is 12.1 Å². The second-order valence-electron chi connectivity index (χ2n) is 6.58. The number of halogens is 1. The van der Waals surface area contributed by atoms with Crippen molar-refractivity contribution in [3.63, 3.8) is 0 Å². The topological polar surface area (TPSA) is 12.0 Å². The van der Waals surface area contributed by atoms with Crippen LogP contribution < -0.4 is 5.32 Å². The summed E-state index contributed by atoms with van der Waals surface area (Å²) in [4.78, 5) is 0. The summed E-state index contributed by atoms with van der Waals surface area (Å²) in [6.45, 7) is 5.17. The normalized spacial score (nSPS) is 30.8. The van der Waals surface area contributed by atoms with E-state index in [4.69, 9.17) is 0 Å². The summed E-state index contributed by atoms with van der Waals surface area (Å²) >= 11 is 0. The summed E-state index contributed by atoms with van der Waals surface area (Å²) in [5, 5.41) is 3.66. The Morgan fingerprint density at radius 3 is 2.79 bits per heavy atom. The summed E-state index contributed by atoms with van der Waals surface area (Å²) in [6, 6.07) is 5.68. The van der Waals surface area contributed by atoms with Crippen molar-refractivity contribution >= 4 is 0 Å². The van der Waals surface area contributed by atoms with E-state index < -0.39 is 0 Å². The number of fused-ring (bicyclic) bond motifs is 2. The number of benzene rings is 1. The second-order valence-corrected chi connectivity index (χ2v) is 6.58. The van der Waals surface area contributed by atoms with E-state index in [1.165, 1.54) is 31.2 Å². The van der Waals surface area contributed by atoms with Crippen LogP contribution in [0.4, 0.5) is 4.39 Å². The third-order valence-electron chi connectivity index (χ3n) is 5.35. The van der Waals surface area contributed by atoms with Crippen LogP contribution in [0.1, 0.15) is 43.7 Å². The Labute approximate surface area is 115 Å². The molecule has 1 N–H and O–H groups in total. The van der Waals surface area contributed by atoms with Crippen molar-refractivity contribution in [2.24, 2.45) is 17.8 Å². The van der Waals surface area contributed by atoms with E-state index in [1.807, 2.05) is 13.0 Å². The lowest BCUT2D eigenvalue weighted by atomic mass is 9.84. The Morgan fingerprint density at radius 2 is 2.16 bits per heavy atom. The molecule has 104 valence electrons. The molecular weight excluding hydrogens is 237 g/mol. The highest BCUT2D eigenvalue weighted by molar-refractivity contribution is 5.26. The van der Waals surface area contributed by atoms with E-state index in [-0.39, 0.29) is 5.82 Å². The van der Waals surface area contributed by atoms with Crippen LogP contribution in [0.3, 0.4) is 0 Å². The molecule has 0 amide bonds. The van der Waals surface area contributed by atoms with Crippen LogP contribution in [0.2, 0.25) is 0 Å². The number of rotatable bonds is 4. The minimum Gasteiger partial charge on any atom is -0.310 e. The van der Waals surface area contributed by atoms with E-state index >= 15 is 0 Å². The molecule has 1 aromatic carbocycles. The average Bonchev–Trinajstić information content (AvgIpc) is 2.99. The Kier molecular flexibility index (Phi) is 3.62. The lowest BCUT2D eigenvalue weighted by Gasteiger charge is -2.29. The average molecular weight is 261 g/mol. The van der Waals surface area contributed by atoms with Gasteiger partial charge >= 0.3 is 0 Å². The monoisotopic (exact) mass is 261 g/mol. The van der Waals surface area contributed by atoms with Crippen molar-refractivity contribution in [3.05, 3.63) is 35.1 Å². The largest absolute Gasteiger partial charge is 0.310 e. The molecule has 0 radical (unpaired) electrons. The smallest absolute Gasteiger partial charge is 0.123 e. The van der Waals surface area contributed by atoms with Gasteiger partial charge in [-0.05, 0) is 74.1 Å². The van der Waals surface area contributed by atoms with E-state index in [0.717, 1.165) is 29.9 Å². The molecule has 2 fully saturated rings. The van der Waals surface area contributed by atoms with Crippen LogP contribution in [0, 0.1) is 30.5 Å². The van der Waals surface area contributed by atoms with Gasteiger partial charge in [0.1, 0.15) is 5.82 Å². The Hall–Kier alpha value is -0.890. The molecule has 0 heterocycles. The minimum absolute atomic E-state index is 0.137. The van der Waals surface area contributed by atoms with Gasteiger partial charge in [0.2, 0.25) is 0 Å². The summed E-state index contributed by atoms with van der Waals surface area (Å²) in [7, 11) is 0. The SMILES string of the molecule is Cc1cc(F)ccc1CNC(C)C1CC2CCC1C2. The van der Waals surface area contributed by atoms with Gasteiger partial charge in [0, 0.05) is 12.6 Å². The summed E-state index contributed by atoms with van der Waals surface area (Å²) in [5.74, 6) is 2.69. The number of hydrogen-bond acceptors (Lipinski definition) is 1. The fourth-order valence-electron chi connectivity index (χ4n) is 4.19. The van der Waals surface area contributed by atoms with Crippen LogP contribution in [-0.2, 0) is 6.54 Å². The standard InChI is InChI=1S/C17H24FN/c1-11-7-16(18)6-5-15(11)10-19-12(2)17-9-13-3-4-14(17)8-13/h5-7,12-14,17,19H,3-4,8-10H2,1-2H3. The van der Waals surface area contributed by atoms with Gasteiger partial charge in [-0.15, -0.1) is 0 Å². The number of nitrogens with one attached hydrogen (secondary N) is 1. The maximum absolute atomic E-state index is 13.1. The molecule has 2 saturated carbocycles. The molecular formula is C17H24FN. The van der Waals surface area contributed by atoms with Gasteiger partial charge in [-0.1, -0.05) is 12.5 Å². The van der Waals surface area contributed by atoms with Crippen LogP contribution in [0.5, 0.6) is 0 Å². The second kappa shape index (κ2) is 5.24. The molecule has 4 atom stereocenters. The Morgan fingerprint density at radius 1 is 1.32 bits per heavy atom. The highest BCUT2D eigenvalue weighted by atomic mass is 19.1. The minimum atomic E-state index is -0.137. The van der Waals surface area contributed by atoms with Crippen molar-refractivity contribution in [3.8, 4) is 0 Å². The molecule has 1 nitrogen and oxygen atoms in total. The van der Waals surface area contributed by atoms with Gasteiger partial charge in [-0.3, -0.25) is 0 Å². The molecule has 19 heavy (non-hydrogen) atoms. The highest BCUT2D eigenvalue weighted by Gasteiger charge is 2.41. The molecule has 2 aliphatic rings. The van der Waals surface area contributed by atoms with Crippen molar-refractivity contribution in [1.82, 2.24) is 5.32 Å². The Balaban J connectivity index is 1.57. The van der Waals surface area contributed by atoms with Crippen molar-refractivity contribution < 1.29 is 4.39 Å². The predicted octanol–water partition coefficient (Wildman–Crippen LogP) is 4.05. The van der Waals surface area contributed by atoms with E-state index in [2.05, 4.69) is 12.2 Å². The third-order valence-corrected chi connectivity index (χ3v) is 5.35. The zero-order valence-electron chi connectivity index (χ0n) is 12.0. The molecule has 1 aromatic rings. The van der Waals surface area contributed by atoms with Crippen molar-refractivity contribution in [2.45, 2.75) is 52.1 Å². The van der Waals surface area contributed by atoms with Gasteiger partial charge in [0.15, 0.2) is 0 Å². The molecule has 0 saturated heterocycles. The van der Waals surface area contributed by atoms with Crippen LogP contribution in [-0.4, -0.2) is 6.04 Å². The zero-order valence-corrected chi connectivity index (χ0v) is 12.0. The molecule has 2 aliphatic carbocycles. The molecule has 0 aromatic heterocycles. The summed E-state index contributed by atoms with van der Waals surface area (Å²) < 4.78 is 13.1. The van der Waals surface area contributed by atoms with Gasteiger partial charge in [0.25, 0.3) is 0 Å². The van der Waals surface area contributed by atoms with E-state index in [9.17, 15) is 4.39 Å². The highest BCUT2D eigenvalue weighted by Crippen LogP contribution is 2.49. The van der Waals surface area contributed by atoms with Crippen LogP contribution >= 0.6 is 0 Å². The van der Waals surface area contributed by atoms with Crippen molar-refractivity contribution in [2.75, 3.05) is 0 Å². The molecule has 0 spiro atoms. The predicted molar refractivity (Wildman–Crippen MR) is 76.4 cm³/mol. The fourth-order valence-corrected chi connectivity index (χ4v) is 4.19. The molecule has 4 unspecified atom stereocenters. The van der Waals surface area contributed by atoms with Crippen LogP contribution in [0.25, 0.3) is 0 Å². The third kappa shape index (κ3) is 2.69. The molecule has 3 rings (SSSR count). The lowest BCUT2D eigenvalue weighted by Crippen LogP contribution is -2.36.